The van der Waals surface area contributed by atoms with Crippen LogP contribution in [-0.4, -0.2) is 4.98 Å². The Balaban J connectivity index is 1.40. The summed E-state index contributed by atoms with van der Waals surface area (Å²) in [5.41, 5.74) is 9.67. The number of nitrogens with zero attached hydrogens (tertiary/aromatic N) is 1. The Morgan fingerprint density at radius 3 is 2.06 bits per heavy atom. The van der Waals surface area contributed by atoms with Crippen molar-refractivity contribution in [2.45, 2.75) is 26.2 Å². The largest absolute Gasteiger partial charge is 0.355 e. The quantitative estimate of drug-likeness (QED) is 0.259. The molecule has 2 heteroatoms. The van der Waals surface area contributed by atoms with Gasteiger partial charge in [0.05, 0.1) is 0 Å². The highest BCUT2D eigenvalue weighted by molar-refractivity contribution is 6.08. The summed E-state index contributed by atoms with van der Waals surface area (Å²) < 4.78 is 0. The van der Waals surface area contributed by atoms with Gasteiger partial charge in [0.2, 0.25) is 0 Å². The molecule has 1 N–H and O–H groups in total. The predicted molar refractivity (Wildman–Crippen MR) is 155 cm³/mol. The Morgan fingerprint density at radius 2 is 1.25 bits per heavy atom. The molecule has 176 valence electrons. The minimum absolute atomic E-state index is 0.532. The fourth-order valence-electron chi connectivity index (χ4n) is 5.06. The number of fused-ring (bicyclic) bond motifs is 3. The lowest BCUT2D eigenvalue weighted by Crippen LogP contribution is -2.10. The number of H-pyrrole nitrogens is 1. The number of para-hydroxylation sites is 2. The van der Waals surface area contributed by atoms with Crippen LogP contribution in [0.15, 0.2) is 121 Å². The van der Waals surface area contributed by atoms with Crippen LogP contribution in [0.1, 0.15) is 31.7 Å². The van der Waals surface area contributed by atoms with E-state index >= 15 is 0 Å². The fourth-order valence-corrected chi connectivity index (χ4v) is 5.06. The number of anilines is 3. The van der Waals surface area contributed by atoms with E-state index in [1.54, 1.807) is 0 Å². The van der Waals surface area contributed by atoms with E-state index in [1.807, 2.05) is 0 Å². The van der Waals surface area contributed by atoms with Gasteiger partial charge < -0.3 is 9.88 Å². The zero-order chi connectivity index (χ0) is 24.5. The van der Waals surface area contributed by atoms with Gasteiger partial charge in [-0.15, -0.1) is 0 Å². The van der Waals surface area contributed by atoms with E-state index in [9.17, 15) is 0 Å². The van der Waals surface area contributed by atoms with Crippen LogP contribution in [0.3, 0.4) is 0 Å². The summed E-state index contributed by atoms with van der Waals surface area (Å²) in [5, 5.41) is 2.53. The van der Waals surface area contributed by atoms with E-state index in [1.165, 1.54) is 44.2 Å². The van der Waals surface area contributed by atoms with Crippen molar-refractivity contribution in [3.05, 3.63) is 127 Å². The van der Waals surface area contributed by atoms with Crippen molar-refractivity contribution in [2.24, 2.45) is 0 Å². The van der Waals surface area contributed by atoms with Crippen LogP contribution in [0.2, 0.25) is 0 Å². The van der Waals surface area contributed by atoms with Gasteiger partial charge in [-0.05, 0) is 83.6 Å². The van der Waals surface area contributed by atoms with Crippen LogP contribution in [0.5, 0.6) is 0 Å². The molecular formula is C34H30N2. The summed E-state index contributed by atoms with van der Waals surface area (Å²) in [6.07, 6.45) is 1.13. The molecule has 6 rings (SSSR count). The van der Waals surface area contributed by atoms with Gasteiger partial charge in [0.15, 0.2) is 0 Å². The molecule has 6 aromatic rings. The van der Waals surface area contributed by atoms with Crippen LogP contribution >= 0.6 is 0 Å². The van der Waals surface area contributed by atoms with E-state index in [-0.39, 0.29) is 0 Å². The van der Waals surface area contributed by atoms with E-state index in [0.29, 0.717) is 5.92 Å². The first-order chi connectivity index (χ1) is 17.7. The number of benzene rings is 5. The highest BCUT2D eigenvalue weighted by Gasteiger charge is 2.14. The number of hydrogen-bond donors (Lipinski definition) is 1. The first kappa shape index (κ1) is 22.2. The Labute approximate surface area is 212 Å². The van der Waals surface area contributed by atoms with Crippen LogP contribution in [-0.2, 0) is 0 Å². The third-order valence-corrected chi connectivity index (χ3v) is 7.29. The summed E-state index contributed by atoms with van der Waals surface area (Å²) in [6.45, 7) is 4.55. The van der Waals surface area contributed by atoms with E-state index in [2.05, 4.69) is 145 Å². The molecule has 0 bridgehead atoms. The Morgan fingerprint density at radius 1 is 0.583 bits per heavy atom. The minimum Gasteiger partial charge on any atom is -0.355 e. The summed E-state index contributed by atoms with van der Waals surface area (Å²) in [4.78, 5) is 5.87. The normalized spacial score (nSPS) is 12.2. The second-order valence-corrected chi connectivity index (χ2v) is 9.55. The van der Waals surface area contributed by atoms with E-state index in [4.69, 9.17) is 0 Å². The van der Waals surface area contributed by atoms with Gasteiger partial charge in [0, 0.05) is 38.9 Å². The van der Waals surface area contributed by atoms with Crippen LogP contribution in [0.4, 0.5) is 17.1 Å². The van der Waals surface area contributed by atoms with Crippen molar-refractivity contribution in [3.63, 3.8) is 0 Å². The summed E-state index contributed by atoms with van der Waals surface area (Å²) >= 11 is 0. The molecule has 0 saturated carbocycles. The Kier molecular flexibility index (Phi) is 5.79. The third kappa shape index (κ3) is 4.05. The molecule has 1 heterocycles. The predicted octanol–water partition coefficient (Wildman–Crippen LogP) is 9.97. The lowest BCUT2D eigenvalue weighted by molar-refractivity contribution is 0.733. The van der Waals surface area contributed by atoms with E-state index in [0.717, 1.165) is 17.8 Å². The first-order valence-electron chi connectivity index (χ1n) is 12.8. The maximum absolute atomic E-state index is 3.53. The maximum Gasteiger partial charge on any atom is 0.0465 e. The SMILES string of the molecule is CCC(C)c1cccc(N(c2ccccc2)c2ccc(-c3ccc4[nH]c5ccccc5c4c3)cc2)c1. The molecule has 2 nitrogen and oxygen atoms in total. The molecule has 0 spiro atoms. The van der Waals surface area contributed by atoms with Crippen molar-refractivity contribution in [2.75, 3.05) is 4.90 Å². The zero-order valence-electron chi connectivity index (χ0n) is 20.8. The van der Waals surface area contributed by atoms with Crippen LogP contribution in [0.25, 0.3) is 32.9 Å². The highest BCUT2D eigenvalue weighted by atomic mass is 15.1. The highest BCUT2D eigenvalue weighted by Crippen LogP contribution is 2.37. The van der Waals surface area contributed by atoms with Crippen molar-refractivity contribution >= 4 is 38.9 Å². The van der Waals surface area contributed by atoms with Gasteiger partial charge in [-0.1, -0.05) is 80.6 Å². The van der Waals surface area contributed by atoms with Crippen molar-refractivity contribution in [1.82, 2.24) is 4.98 Å². The molecule has 1 aromatic heterocycles. The number of rotatable bonds is 6. The van der Waals surface area contributed by atoms with Crippen LogP contribution in [0, 0.1) is 0 Å². The third-order valence-electron chi connectivity index (χ3n) is 7.29. The molecule has 36 heavy (non-hydrogen) atoms. The molecule has 0 radical (unpaired) electrons. The molecule has 1 atom stereocenters. The summed E-state index contributed by atoms with van der Waals surface area (Å²) in [6, 6.07) is 43.7. The Bertz CT molecular complexity index is 1630. The lowest BCUT2D eigenvalue weighted by Gasteiger charge is -2.26. The number of hydrogen-bond acceptors (Lipinski definition) is 1. The average molecular weight is 467 g/mol. The van der Waals surface area contributed by atoms with Gasteiger partial charge in [0.1, 0.15) is 0 Å². The van der Waals surface area contributed by atoms with Crippen molar-refractivity contribution in [3.8, 4) is 11.1 Å². The van der Waals surface area contributed by atoms with Gasteiger partial charge in [0.25, 0.3) is 0 Å². The topological polar surface area (TPSA) is 19.0 Å². The van der Waals surface area contributed by atoms with Gasteiger partial charge in [-0.2, -0.15) is 0 Å². The second kappa shape index (κ2) is 9.39. The van der Waals surface area contributed by atoms with Crippen molar-refractivity contribution < 1.29 is 0 Å². The van der Waals surface area contributed by atoms with E-state index < -0.39 is 0 Å². The van der Waals surface area contributed by atoms with Crippen LogP contribution < -0.4 is 4.90 Å². The number of aromatic amines is 1. The first-order valence-corrected chi connectivity index (χ1v) is 12.8. The molecule has 0 fully saturated rings. The molecular weight excluding hydrogens is 436 g/mol. The molecule has 0 aliphatic heterocycles. The molecule has 0 aliphatic carbocycles. The smallest absolute Gasteiger partial charge is 0.0465 e. The molecule has 0 saturated heterocycles. The molecule has 0 aliphatic rings. The van der Waals surface area contributed by atoms with Gasteiger partial charge in [-0.3, -0.25) is 0 Å². The minimum atomic E-state index is 0.532. The van der Waals surface area contributed by atoms with Crippen molar-refractivity contribution in [1.29, 1.82) is 0 Å². The fraction of sp³-hybridized carbons (Fsp3) is 0.118. The lowest BCUT2D eigenvalue weighted by atomic mass is 9.97. The monoisotopic (exact) mass is 466 g/mol. The number of aromatic nitrogens is 1. The molecule has 1 unspecified atom stereocenters. The maximum atomic E-state index is 3.53. The molecule has 5 aromatic carbocycles. The Hall–Kier alpha value is -4.30. The second-order valence-electron chi connectivity index (χ2n) is 9.55. The van der Waals surface area contributed by atoms with Gasteiger partial charge in [-0.25, -0.2) is 0 Å². The molecule has 0 amide bonds. The number of nitrogens with one attached hydrogen (secondary N) is 1. The van der Waals surface area contributed by atoms with Gasteiger partial charge >= 0.3 is 0 Å². The standard InChI is InChI=1S/C34H30N2/c1-3-24(2)26-10-9-13-30(22-26)36(28-11-5-4-6-12-28)29-19-16-25(17-20-29)27-18-21-34-32(23-27)31-14-7-8-15-33(31)35-34/h4-24,35H,3H2,1-2H3. The average Bonchev–Trinajstić information content (AvgIpc) is 3.32. The zero-order valence-corrected chi connectivity index (χ0v) is 20.8. The summed E-state index contributed by atoms with van der Waals surface area (Å²) in [5.74, 6) is 0.532. The summed E-state index contributed by atoms with van der Waals surface area (Å²) in [7, 11) is 0.